The van der Waals surface area contributed by atoms with E-state index in [1.807, 2.05) is 42.2 Å². The summed E-state index contributed by atoms with van der Waals surface area (Å²) in [6, 6.07) is 10.00. The van der Waals surface area contributed by atoms with Gasteiger partial charge in [-0.2, -0.15) is 0 Å². The second kappa shape index (κ2) is 4.23. The molecule has 0 saturated carbocycles. The quantitative estimate of drug-likeness (QED) is 0.705. The first-order valence-electron chi connectivity index (χ1n) is 5.15. The molecule has 1 aliphatic rings. The third-order valence-electron chi connectivity index (χ3n) is 2.85. The molecular weight excluding hydrogens is 210 g/mol. The smallest absolute Gasteiger partial charge is 0.227 e. The molecule has 1 amide bonds. The predicted molar refractivity (Wildman–Crippen MR) is 60.7 cm³/mol. The van der Waals surface area contributed by atoms with Gasteiger partial charge in [-0.05, 0) is 5.56 Å². The van der Waals surface area contributed by atoms with Gasteiger partial charge in [-0.15, -0.1) is 11.6 Å². The topological polar surface area (TPSA) is 20.3 Å². The average molecular weight is 224 g/mol. The van der Waals surface area contributed by atoms with E-state index in [0.717, 1.165) is 5.56 Å². The van der Waals surface area contributed by atoms with Crippen LogP contribution in [0.4, 0.5) is 0 Å². The molecule has 0 bridgehead atoms. The molecule has 0 radical (unpaired) electrons. The Kier molecular flexibility index (Phi) is 2.96. The Balaban J connectivity index is 2.05. The molecule has 0 N–H and O–H groups in total. The highest BCUT2D eigenvalue weighted by Gasteiger charge is 2.35. The average Bonchev–Trinajstić information content (AvgIpc) is 2.48. The molecule has 1 heterocycles. The summed E-state index contributed by atoms with van der Waals surface area (Å²) in [5.41, 5.74) is 1.16. The third kappa shape index (κ3) is 2.15. The second-order valence-corrected chi connectivity index (χ2v) is 4.57. The van der Waals surface area contributed by atoms with Gasteiger partial charge in [-0.1, -0.05) is 37.3 Å². The Labute approximate surface area is 94.8 Å². The number of alkyl halides is 1. The van der Waals surface area contributed by atoms with Crippen LogP contribution in [-0.2, 0) is 11.3 Å². The maximum absolute atomic E-state index is 11.8. The molecule has 1 aliphatic heterocycles. The molecular formula is C12H14ClNO. The first-order chi connectivity index (χ1) is 7.18. The predicted octanol–water partition coefficient (Wildman–Crippen LogP) is 2.27. The molecule has 1 aromatic rings. The minimum absolute atomic E-state index is 0.0405. The summed E-state index contributed by atoms with van der Waals surface area (Å²) >= 11 is 6.06. The molecule has 1 fully saturated rings. The molecule has 2 atom stereocenters. The van der Waals surface area contributed by atoms with Crippen LogP contribution in [0.15, 0.2) is 30.3 Å². The highest BCUT2D eigenvalue weighted by atomic mass is 35.5. The molecule has 1 saturated heterocycles. The minimum Gasteiger partial charge on any atom is -0.337 e. The van der Waals surface area contributed by atoms with E-state index in [9.17, 15) is 4.79 Å². The molecule has 1 aromatic carbocycles. The normalized spacial score (nSPS) is 26.0. The number of halogens is 1. The first kappa shape index (κ1) is 10.5. The summed E-state index contributed by atoms with van der Waals surface area (Å²) in [6.45, 7) is 3.23. The van der Waals surface area contributed by atoms with Crippen LogP contribution in [-0.4, -0.2) is 22.7 Å². The van der Waals surface area contributed by atoms with Crippen molar-refractivity contribution in [1.82, 2.24) is 4.90 Å². The number of likely N-dealkylation sites (tertiary alicyclic amines) is 1. The third-order valence-corrected chi connectivity index (χ3v) is 3.37. The van der Waals surface area contributed by atoms with Crippen molar-refractivity contribution < 1.29 is 4.79 Å². The Morgan fingerprint density at radius 2 is 2.07 bits per heavy atom. The van der Waals surface area contributed by atoms with Gasteiger partial charge < -0.3 is 4.90 Å². The first-order valence-corrected chi connectivity index (χ1v) is 5.59. The van der Waals surface area contributed by atoms with E-state index >= 15 is 0 Å². The number of rotatable bonds is 2. The SMILES string of the molecule is CC1C(=O)N(Cc2ccccc2)CC1Cl. The summed E-state index contributed by atoms with van der Waals surface area (Å²) in [5, 5.41) is -0.0405. The monoisotopic (exact) mass is 223 g/mol. The Morgan fingerprint density at radius 3 is 2.60 bits per heavy atom. The maximum Gasteiger partial charge on any atom is 0.227 e. The van der Waals surface area contributed by atoms with E-state index in [-0.39, 0.29) is 17.2 Å². The van der Waals surface area contributed by atoms with Crippen LogP contribution in [0.5, 0.6) is 0 Å². The fourth-order valence-electron chi connectivity index (χ4n) is 1.85. The number of hydrogen-bond donors (Lipinski definition) is 0. The van der Waals surface area contributed by atoms with Gasteiger partial charge in [0.15, 0.2) is 0 Å². The number of carbonyl (C=O) groups is 1. The maximum atomic E-state index is 11.8. The van der Waals surface area contributed by atoms with Crippen LogP contribution in [0, 0.1) is 5.92 Å². The molecule has 0 spiro atoms. The molecule has 80 valence electrons. The molecule has 15 heavy (non-hydrogen) atoms. The van der Waals surface area contributed by atoms with Crippen LogP contribution in [0.2, 0.25) is 0 Å². The van der Waals surface area contributed by atoms with Crippen molar-refractivity contribution >= 4 is 17.5 Å². The van der Waals surface area contributed by atoms with Gasteiger partial charge in [0.2, 0.25) is 5.91 Å². The summed E-state index contributed by atoms with van der Waals surface area (Å²) in [7, 11) is 0. The van der Waals surface area contributed by atoms with Crippen LogP contribution in [0.25, 0.3) is 0 Å². The zero-order valence-electron chi connectivity index (χ0n) is 8.69. The van der Waals surface area contributed by atoms with Crippen LogP contribution in [0.1, 0.15) is 12.5 Å². The summed E-state index contributed by atoms with van der Waals surface area (Å²) in [6.07, 6.45) is 0. The molecule has 3 heteroatoms. The van der Waals surface area contributed by atoms with Crippen molar-refractivity contribution in [2.75, 3.05) is 6.54 Å². The Hall–Kier alpha value is -1.02. The number of nitrogens with zero attached hydrogens (tertiary/aromatic N) is 1. The van der Waals surface area contributed by atoms with Crippen molar-refractivity contribution in [3.63, 3.8) is 0 Å². The van der Waals surface area contributed by atoms with Crippen molar-refractivity contribution in [2.24, 2.45) is 5.92 Å². The van der Waals surface area contributed by atoms with Gasteiger partial charge in [-0.3, -0.25) is 4.79 Å². The highest BCUT2D eigenvalue weighted by molar-refractivity contribution is 6.23. The fraction of sp³-hybridized carbons (Fsp3) is 0.417. The number of carbonyl (C=O) groups excluding carboxylic acids is 1. The van der Waals surface area contributed by atoms with Gasteiger partial charge >= 0.3 is 0 Å². The van der Waals surface area contributed by atoms with E-state index in [0.29, 0.717) is 13.1 Å². The van der Waals surface area contributed by atoms with Crippen molar-refractivity contribution in [2.45, 2.75) is 18.8 Å². The van der Waals surface area contributed by atoms with Gasteiger partial charge in [0.05, 0.1) is 11.3 Å². The second-order valence-electron chi connectivity index (χ2n) is 4.01. The standard InChI is InChI=1S/C12H14ClNO/c1-9-11(13)8-14(12(9)15)7-10-5-3-2-4-6-10/h2-6,9,11H,7-8H2,1H3. The largest absolute Gasteiger partial charge is 0.337 e. The summed E-state index contributed by atoms with van der Waals surface area (Å²) in [4.78, 5) is 13.6. The van der Waals surface area contributed by atoms with E-state index in [2.05, 4.69) is 0 Å². The zero-order chi connectivity index (χ0) is 10.8. The number of amides is 1. The molecule has 2 unspecified atom stereocenters. The lowest BCUT2D eigenvalue weighted by Crippen LogP contribution is -2.26. The zero-order valence-corrected chi connectivity index (χ0v) is 9.45. The fourth-order valence-corrected chi connectivity index (χ4v) is 2.12. The van der Waals surface area contributed by atoms with Gasteiger partial charge in [0.1, 0.15) is 0 Å². The van der Waals surface area contributed by atoms with E-state index in [4.69, 9.17) is 11.6 Å². The van der Waals surface area contributed by atoms with Gasteiger partial charge in [0.25, 0.3) is 0 Å². The molecule has 2 rings (SSSR count). The molecule has 0 aliphatic carbocycles. The lowest BCUT2D eigenvalue weighted by molar-refractivity contribution is -0.131. The van der Waals surface area contributed by atoms with Crippen LogP contribution >= 0.6 is 11.6 Å². The number of hydrogen-bond acceptors (Lipinski definition) is 1. The number of benzene rings is 1. The highest BCUT2D eigenvalue weighted by Crippen LogP contribution is 2.24. The van der Waals surface area contributed by atoms with Crippen LogP contribution in [0.3, 0.4) is 0 Å². The lowest BCUT2D eigenvalue weighted by atomic mass is 10.1. The Bertz CT molecular complexity index is 352. The molecule has 2 nitrogen and oxygen atoms in total. The minimum atomic E-state index is -0.0459. The molecule has 0 aromatic heterocycles. The summed E-state index contributed by atoms with van der Waals surface area (Å²) in [5.74, 6) is 0.120. The van der Waals surface area contributed by atoms with E-state index in [1.54, 1.807) is 0 Å². The van der Waals surface area contributed by atoms with E-state index < -0.39 is 0 Å². The van der Waals surface area contributed by atoms with Crippen molar-refractivity contribution in [1.29, 1.82) is 0 Å². The van der Waals surface area contributed by atoms with E-state index in [1.165, 1.54) is 0 Å². The lowest BCUT2D eigenvalue weighted by Gasteiger charge is -2.15. The van der Waals surface area contributed by atoms with Crippen molar-refractivity contribution in [3.05, 3.63) is 35.9 Å². The van der Waals surface area contributed by atoms with Crippen LogP contribution < -0.4 is 0 Å². The van der Waals surface area contributed by atoms with Crippen molar-refractivity contribution in [3.8, 4) is 0 Å². The van der Waals surface area contributed by atoms with Gasteiger partial charge in [-0.25, -0.2) is 0 Å². The van der Waals surface area contributed by atoms with Gasteiger partial charge in [0, 0.05) is 13.1 Å². The Morgan fingerprint density at radius 1 is 1.40 bits per heavy atom. The summed E-state index contributed by atoms with van der Waals surface area (Å²) < 4.78 is 0.